The van der Waals surface area contributed by atoms with E-state index in [0.29, 0.717) is 6.54 Å². The van der Waals surface area contributed by atoms with Gasteiger partial charge in [0, 0.05) is 31.4 Å². The van der Waals surface area contributed by atoms with Crippen LogP contribution in [0.1, 0.15) is 25.8 Å². The first-order chi connectivity index (χ1) is 9.07. The molecule has 0 bridgehead atoms. The summed E-state index contributed by atoms with van der Waals surface area (Å²) in [6.45, 7) is 7.21. The van der Waals surface area contributed by atoms with Crippen LogP contribution in [0.25, 0.3) is 0 Å². The van der Waals surface area contributed by atoms with Crippen molar-refractivity contribution in [2.24, 2.45) is 11.1 Å². The van der Waals surface area contributed by atoms with E-state index in [4.69, 9.17) is 5.73 Å². The monoisotopic (exact) mass is 262 g/mol. The Morgan fingerprint density at radius 3 is 3.05 bits per heavy atom. The Hall–Kier alpha value is -1.62. The van der Waals surface area contributed by atoms with Crippen molar-refractivity contribution in [3.8, 4) is 0 Å². The van der Waals surface area contributed by atoms with Crippen molar-refractivity contribution in [3.63, 3.8) is 0 Å². The number of hydrogen-bond acceptors (Lipinski definition) is 4. The van der Waals surface area contributed by atoms with Crippen molar-refractivity contribution >= 4 is 11.7 Å². The number of aromatic nitrogens is 1. The Bertz CT molecular complexity index is 463. The minimum Gasteiger partial charge on any atom is -0.369 e. The Morgan fingerprint density at radius 2 is 2.42 bits per heavy atom. The van der Waals surface area contributed by atoms with Crippen LogP contribution in [0, 0.1) is 5.41 Å². The maximum Gasteiger partial charge on any atom is 0.225 e. The highest BCUT2D eigenvalue weighted by atomic mass is 16.1. The van der Waals surface area contributed by atoms with Crippen molar-refractivity contribution in [3.05, 3.63) is 23.9 Å². The molecule has 1 aliphatic rings. The summed E-state index contributed by atoms with van der Waals surface area (Å²) in [6.07, 6.45) is 2.59. The first-order valence-corrected chi connectivity index (χ1v) is 6.76. The quantitative estimate of drug-likeness (QED) is 0.827. The van der Waals surface area contributed by atoms with Crippen LogP contribution in [0.3, 0.4) is 0 Å². The van der Waals surface area contributed by atoms with Crippen LogP contribution in [0.15, 0.2) is 18.3 Å². The summed E-state index contributed by atoms with van der Waals surface area (Å²) < 4.78 is 0. The van der Waals surface area contributed by atoms with Crippen LogP contribution in [0.4, 0.5) is 5.82 Å². The number of nitrogens with one attached hydrogen (secondary N) is 1. The smallest absolute Gasteiger partial charge is 0.225 e. The number of rotatable bonds is 5. The van der Waals surface area contributed by atoms with Crippen molar-refractivity contribution in [1.29, 1.82) is 0 Å². The lowest BCUT2D eigenvalue weighted by Crippen LogP contribution is -2.37. The van der Waals surface area contributed by atoms with Crippen molar-refractivity contribution in [1.82, 2.24) is 10.3 Å². The van der Waals surface area contributed by atoms with E-state index < -0.39 is 5.41 Å². The number of nitrogens with zero attached hydrogens (tertiary/aromatic N) is 2. The minimum absolute atomic E-state index is 0.223. The van der Waals surface area contributed by atoms with Gasteiger partial charge in [0.15, 0.2) is 0 Å². The molecule has 1 saturated heterocycles. The summed E-state index contributed by atoms with van der Waals surface area (Å²) >= 11 is 0. The number of pyridine rings is 1. The third-order valence-corrected chi connectivity index (χ3v) is 3.80. The normalized spacial score (nSPS) is 22.7. The first kappa shape index (κ1) is 13.8. The Morgan fingerprint density at radius 1 is 1.63 bits per heavy atom. The van der Waals surface area contributed by atoms with Gasteiger partial charge in [-0.25, -0.2) is 4.98 Å². The van der Waals surface area contributed by atoms with Gasteiger partial charge in [-0.05, 0) is 26.0 Å². The number of anilines is 1. The molecule has 0 spiro atoms. The summed E-state index contributed by atoms with van der Waals surface area (Å²) in [5.74, 6) is 0.743. The summed E-state index contributed by atoms with van der Waals surface area (Å²) in [7, 11) is 0. The van der Waals surface area contributed by atoms with Crippen LogP contribution in [-0.4, -0.2) is 30.5 Å². The number of amides is 1. The Labute approximate surface area is 114 Å². The second-order valence-electron chi connectivity index (χ2n) is 5.36. The third-order valence-electron chi connectivity index (χ3n) is 3.80. The molecule has 104 valence electrons. The van der Waals surface area contributed by atoms with Crippen LogP contribution in [-0.2, 0) is 11.3 Å². The molecule has 1 aromatic heterocycles. The molecule has 2 rings (SSSR count). The molecule has 3 N–H and O–H groups in total. The molecule has 19 heavy (non-hydrogen) atoms. The molecule has 1 aliphatic heterocycles. The van der Waals surface area contributed by atoms with E-state index >= 15 is 0 Å². The highest BCUT2D eigenvalue weighted by Gasteiger charge is 2.39. The molecular formula is C14H22N4O. The Balaban J connectivity index is 2.17. The van der Waals surface area contributed by atoms with Crippen LogP contribution in [0.2, 0.25) is 0 Å². The van der Waals surface area contributed by atoms with E-state index in [1.54, 1.807) is 6.20 Å². The molecule has 2 heterocycles. The molecular weight excluding hydrogens is 240 g/mol. The molecule has 0 aromatic carbocycles. The maximum atomic E-state index is 11.5. The molecule has 0 radical (unpaired) electrons. The van der Waals surface area contributed by atoms with Gasteiger partial charge in [0.05, 0.1) is 5.41 Å². The molecule has 0 aliphatic carbocycles. The van der Waals surface area contributed by atoms with Gasteiger partial charge in [0.2, 0.25) is 5.91 Å². The summed E-state index contributed by atoms with van der Waals surface area (Å²) in [5.41, 5.74) is 6.22. The number of carbonyl (C=O) groups excluding carboxylic acids is 1. The molecule has 1 aromatic rings. The van der Waals surface area contributed by atoms with Crippen LogP contribution in [0.5, 0.6) is 0 Å². The third kappa shape index (κ3) is 2.87. The Kier molecular flexibility index (Phi) is 4.04. The van der Waals surface area contributed by atoms with Gasteiger partial charge in [-0.2, -0.15) is 0 Å². The average molecular weight is 262 g/mol. The summed E-state index contributed by atoms with van der Waals surface area (Å²) in [6, 6.07) is 4.02. The largest absolute Gasteiger partial charge is 0.369 e. The van der Waals surface area contributed by atoms with Crippen molar-refractivity contribution < 1.29 is 4.79 Å². The second kappa shape index (κ2) is 5.57. The number of carbonyl (C=O) groups is 1. The van der Waals surface area contributed by atoms with E-state index in [1.807, 2.05) is 13.0 Å². The number of hydrogen-bond donors (Lipinski definition) is 2. The van der Waals surface area contributed by atoms with E-state index in [0.717, 1.165) is 37.4 Å². The fourth-order valence-electron chi connectivity index (χ4n) is 2.46. The zero-order valence-electron chi connectivity index (χ0n) is 11.6. The van der Waals surface area contributed by atoms with Crippen LogP contribution >= 0.6 is 0 Å². The highest BCUT2D eigenvalue weighted by Crippen LogP contribution is 2.33. The minimum atomic E-state index is -0.438. The maximum absolute atomic E-state index is 11.5. The zero-order chi connectivity index (χ0) is 13.9. The lowest BCUT2D eigenvalue weighted by Gasteiger charge is -2.23. The van der Waals surface area contributed by atoms with E-state index in [9.17, 15) is 4.79 Å². The molecule has 1 fully saturated rings. The molecule has 1 amide bonds. The molecule has 1 atom stereocenters. The van der Waals surface area contributed by atoms with Gasteiger partial charge >= 0.3 is 0 Å². The topological polar surface area (TPSA) is 71.2 Å². The molecule has 1 unspecified atom stereocenters. The van der Waals surface area contributed by atoms with Gasteiger partial charge in [0.25, 0.3) is 0 Å². The van der Waals surface area contributed by atoms with Crippen molar-refractivity contribution in [2.45, 2.75) is 26.8 Å². The molecule has 5 nitrogen and oxygen atoms in total. The standard InChI is InChI=1S/C14H22N4O/c1-3-16-9-11-5-4-7-17-12(11)18-8-6-14(2,10-18)13(15)19/h4-5,7,16H,3,6,8-10H2,1-2H3,(H2,15,19). The lowest BCUT2D eigenvalue weighted by molar-refractivity contribution is -0.125. The second-order valence-corrected chi connectivity index (χ2v) is 5.36. The fourth-order valence-corrected chi connectivity index (χ4v) is 2.46. The number of nitrogens with two attached hydrogens (primary N) is 1. The van der Waals surface area contributed by atoms with Gasteiger partial charge < -0.3 is 16.0 Å². The fraction of sp³-hybridized carbons (Fsp3) is 0.571. The van der Waals surface area contributed by atoms with Gasteiger partial charge in [0.1, 0.15) is 5.82 Å². The highest BCUT2D eigenvalue weighted by molar-refractivity contribution is 5.82. The lowest BCUT2D eigenvalue weighted by atomic mass is 9.89. The van der Waals surface area contributed by atoms with Gasteiger partial charge in [-0.15, -0.1) is 0 Å². The number of primary amides is 1. The van der Waals surface area contributed by atoms with E-state index in [1.165, 1.54) is 0 Å². The predicted molar refractivity (Wildman–Crippen MR) is 75.7 cm³/mol. The van der Waals surface area contributed by atoms with Crippen LogP contribution < -0.4 is 16.0 Å². The predicted octanol–water partition coefficient (Wildman–Crippen LogP) is 0.893. The van der Waals surface area contributed by atoms with E-state index in [2.05, 4.69) is 28.2 Å². The summed E-state index contributed by atoms with van der Waals surface area (Å²) in [5, 5.41) is 3.31. The van der Waals surface area contributed by atoms with Gasteiger partial charge in [-0.3, -0.25) is 4.79 Å². The van der Waals surface area contributed by atoms with E-state index in [-0.39, 0.29) is 5.91 Å². The molecule has 0 saturated carbocycles. The van der Waals surface area contributed by atoms with Crippen molar-refractivity contribution in [2.75, 3.05) is 24.5 Å². The first-order valence-electron chi connectivity index (χ1n) is 6.76. The SMILES string of the molecule is CCNCc1cccnc1N1CCC(C)(C(N)=O)C1. The average Bonchev–Trinajstić information content (AvgIpc) is 2.81. The summed E-state index contributed by atoms with van der Waals surface area (Å²) in [4.78, 5) is 18.2. The molecule has 5 heteroatoms. The van der Waals surface area contributed by atoms with Gasteiger partial charge in [-0.1, -0.05) is 13.0 Å². The zero-order valence-corrected chi connectivity index (χ0v) is 11.6.